The monoisotopic (exact) mass is 330 g/mol. The van der Waals surface area contributed by atoms with Crippen molar-refractivity contribution in [3.8, 4) is 12.3 Å². The van der Waals surface area contributed by atoms with Crippen molar-refractivity contribution in [2.45, 2.75) is 24.8 Å². The Labute approximate surface area is 116 Å². The van der Waals surface area contributed by atoms with E-state index in [0.29, 0.717) is 10.2 Å². The summed E-state index contributed by atoms with van der Waals surface area (Å²) in [6.45, 7) is 3.70. The number of halogens is 1. The molecule has 0 saturated heterocycles. The van der Waals surface area contributed by atoms with E-state index in [9.17, 15) is 8.42 Å². The van der Waals surface area contributed by atoms with Crippen LogP contribution in [0.15, 0.2) is 27.6 Å². The lowest BCUT2D eigenvalue weighted by Gasteiger charge is -2.17. The van der Waals surface area contributed by atoms with Crippen LogP contribution >= 0.6 is 15.9 Å². The van der Waals surface area contributed by atoms with Gasteiger partial charge in [0.15, 0.2) is 0 Å². The first kappa shape index (κ1) is 15.0. The van der Waals surface area contributed by atoms with E-state index in [1.807, 2.05) is 13.8 Å². The molecule has 0 radical (unpaired) electrons. The average molecular weight is 331 g/mol. The molecule has 0 aliphatic carbocycles. The molecule has 0 fully saturated rings. The largest absolute Gasteiger partial charge is 0.398 e. The Morgan fingerprint density at radius 3 is 2.50 bits per heavy atom. The molecule has 1 aromatic carbocycles. The van der Waals surface area contributed by atoms with Gasteiger partial charge in [0.1, 0.15) is 0 Å². The second-order valence-corrected chi connectivity index (χ2v) is 6.76. The smallest absolute Gasteiger partial charge is 0.241 e. The number of nitrogens with two attached hydrogens (primary N) is 1. The first-order valence-electron chi connectivity index (χ1n) is 5.31. The van der Waals surface area contributed by atoms with E-state index in [0.717, 1.165) is 0 Å². The zero-order valence-corrected chi connectivity index (χ0v) is 12.5. The SMILES string of the molecule is C#CC(NS(=O)(=O)c1ccc(Br)c(N)c1)C(C)C. The Kier molecular flexibility index (Phi) is 4.79. The van der Waals surface area contributed by atoms with Gasteiger partial charge >= 0.3 is 0 Å². The third-order valence-electron chi connectivity index (χ3n) is 2.41. The maximum Gasteiger partial charge on any atom is 0.241 e. The molecular weight excluding hydrogens is 316 g/mol. The van der Waals surface area contributed by atoms with Crippen LogP contribution in [0.3, 0.4) is 0 Å². The van der Waals surface area contributed by atoms with Gasteiger partial charge in [-0.25, -0.2) is 8.42 Å². The Morgan fingerprint density at radius 1 is 1.44 bits per heavy atom. The Hall–Kier alpha value is -1.03. The first-order chi connectivity index (χ1) is 8.27. The number of rotatable bonds is 4. The van der Waals surface area contributed by atoms with Crippen molar-refractivity contribution >= 4 is 31.6 Å². The minimum absolute atomic E-state index is 0.0116. The Bertz CT molecular complexity index is 576. The van der Waals surface area contributed by atoms with Crippen LogP contribution in [0.1, 0.15) is 13.8 Å². The predicted octanol–water partition coefficient (Wildman–Crippen LogP) is 1.97. The van der Waals surface area contributed by atoms with Crippen LogP contribution in [0.5, 0.6) is 0 Å². The molecule has 1 atom stereocenters. The van der Waals surface area contributed by atoms with Gasteiger partial charge in [-0.15, -0.1) is 6.42 Å². The molecule has 6 heteroatoms. The number of sulfonamides is 1. The molecule has 98 valence electrons. The van der Waals surface area contributed by atoms with Gasteiger partial charge in [-0.2, -0.15) is 4.72 Å². The first-order valence-corrected chi connectivity index (χ1v) is 7.59. The van der Waals surface area contributed by atoms with Crippen molar-refractivity contribution in [3.63, 3.8) is 0 Å². The van der Waals surface area contributed by atoms with Gasteiger partial charge in [-0.05, 0) is 40.0 Å². The van der Waals surface area contributed by atoms with E-state index in [1.165, 1.54) is 12.1 Å². The molecule has 0 amide bonds. The normalized spacial score (nSPS) is 13.3. The fourth-order valence-electron chi connectivity index (χ4n) is 1.29. The summed E-state index contributed by atoms with van der Waals surface area (Å²) < 4.78 is 27.3. The molecule has 0 spiro atoms. The maximum atomic E-state index is 12.1. The van der Waals surface area contributed by atoms with Crippen LogP contribution in [0.2, 0.25) is 0 Å². The van der Waals surface area contributed by atoms with Gasteiger partial charge in [-0.1, -0.05) is 19.8 Å². The predicted molar refractivity (Wildman–Crippen MR) is 76.3 cm³/mol. The van der Waals surface area contributed by atoms with Crippen LogP contribution in [0.4, 0.5) is 5.69 Å². The van der Waals surface area contributed by atoms with E-state index < -0.39 is 16.1 Å². The second kappa shape index (κ2) is 5.74. The summed E-state index contributed by atoms with van der Waals surface area (Å²) in [5, 5.41) is 0. The van der Waals surface area contributed by atoms with Crippen LogP contribution in [-0.4, -0.2) is 14.5 Å². The van der Waals surface area contributed by atoms with Crippen LogP contribution in [-0.2, 0) is 10.0 Å². The lowest BCUT2D eigenvalue weighted by molar-refractivity contribution is 0.518. The number of anilines is 1. The summed E-state index contributed by atoms with van der Waals surface area (Å²) in [4.78, 5) is 0.101. The summed E-state index contributed by atoms with van der Waals surface area (Å²) in [6.07, 6.45) is 5.30. The zero-order chi connectivity index (χ0) is 13.9. The number of hydrogen-bond acceptors (Lipinski definition) is 3. The number of benzene rings is 1. The van der Waals surface area contributed by atoms with Crippen molar-refractivity contribution < 1.29 is 8.42 Å². The van der Waals surface area contributed by atoms with Crippen molar-refractivity contribution in [2.24, 2.45) is 5.92 Å². The molecular formula is C12H15BrN2O2S. The number of nitrogens with one attached hydrogen (secondary N) is 1. The van der Waals surface area contributed by atoms with Gasteiger partial charge in [0.2, 0.25) is 10.0 Å². The quantitative estimate of drug-likeness (QED) is 0.654. The molecule has 0 heterocycles. The van der Waals surface area contributed by atoms with Crippen LogP contribution in [0.25, 0.3) is 0 Å². The van der Waals surface area contributed by atoms with Crippen molar-refractivity contribution in [3.05, 3.63) is 22.7 Å². The van der Waals surface area contributed by atoms with Crippen molar-refractivity contribution in [1.82, 2.24) is 4.72 Å². The standard InChI is InChI=1S/C12H15BrN2O2S/c1-4-12(8(2)3)15-18(16,17)9-5-6-10(13)11(14)7-9/h1,5-8,12,15H,14H2,2-3H3. The molecule has 18 heavy (non-hydrogen) atoms. The summed E-state index contributed by atoms with van der Waals surface area (Å²) >= 11 is 3.21. The van der Waals surface area contributed by atoms with E-state index in [1.54, 1.807) is 6.07 Å². The van der Waals surface area contributed by atoms with E-state index in [-0.39, 0.29) is 10.8 Å². The second-order valence-electron chi connectivity index (χ2n) is 4.19. The molecule has 4 nitrogen and oxygen atoms in total. The van der Waals surface area contributed by atoms with E-state index in [4.69, 9.17) is 12.2 Å². The fourth-order valence-corrected chi connectivity index (χ4v) is 2.87. The number of nitrogen functional groups attached to an aromatic ring is 1. The van der Waals surface area contributed by atoms with Gasteiger partial charge in [-0.3, -0.25) is 0 Å². The highest BCUT2D eigenvalue weighted by molar-refractivity contribution is 9.10. The molecule has 1 rings (SSSR count). The molecule has 0 bridgehead atoms. The third-order valence-corrected chi connectivity index (χ3v) is 4.57. The van der Waals surface area contributed by atoms with Crippen molar-refractivity contribution in [1.29, 1.82) is 0 Å². The fraction of sp³-hybridized carbons (Fsp3) is 0.333. The molecule has 3 N–H and O–H groups in total. The molecule has 0 aliphatic rings. The van der Waals surface area contributed by atoms with Crippen molar-refractivity contribution in [2.75, 3.05) is 5.73 Å². The highest BCUT2D eigenvalue weighted by Crippen LogP contribution is 2.23. The van der Waals surface area contributed by atoms with Crippen LogP contribution in [0, 0.1) is 18.3 Å². The maximum absolute atomic E-state index is 12.1. The summed E-state index contributed by atoms with van der Waals surface area (Å²) in [5.41, 5.74) is 6.02. The summed E-state index contributed by atoms with van der Waals surface area (Å²) in [5.74, 6) is 2.43. The Morgan fingerprint density at radius 2 is 2.06 bits per heavy atom. The van der Waals surface area contributed by atoms with Gasteiger partial charge in [0.25, 0.3) is 0 Å². The summed E-state index contributed by atoms with van der Waals surface area (Å²) in [6, 6.07) is 3.90. The molecule has 1 unspecified atom stereocenters. The molecule has 1 aromatic rings. The Balaban J connectivity index is 3.07. The number of hydrogen-bond donors (Lipinski definition) is 2. The van der Waals surface area contributed by atoms with E-state index >= 15 is 0 Å². The van der Waals surface area contributed by atoms with Gasteiger partial charge in [0, 0.05) is 10.2 Å². The zero-order valence-electron chi connectivity index (χ0n) is 10.1. The summed E-state index contributed by atoms with van der Waals surface area (Å²) in [7, 11) is -3.65. The highest BCUT2D eigenvalue weighted by Gasteiger charge is 2.21. The average Bonchev–Trinajstić information content (AvgIpc) is 2.29. The molecule has 0 saturated carbocycles. The molecule has 0 aromatic heterocycles. The lowest BCUT2D eigenvalue weighted by atomic mass is 10.1. The van der Waals surface area contributed by atoms with Gasteiger partial charge < -0.3 is 5.73 Å². The third kappa shape index (κ3) is 3.48. The van der Waals surface area contributed by atoms with E-state index in [2.05, 4.69) is 26.6 Å². The topological polar surface area (TPSA) is 72.2 Å². The highest BCUT2D eigenvalue weighted by atomic mass is 79.9. The lowest BCUT2D eigenvalue weighted by Crippen LogP contribution is -2.37. The molecule has 0 aliphatic heterocycles. The number of terminal acetylenes is 1. The minimum atomic E-state index is -3.65. The minimum Gasteiger partial charge on any atom is -0.398 e. The van der Waals surface area contributed by atoms with Crippen LogP contribution < -0.4 is 10.5 Å². The van der Waals surface area contributed by atoms with Gasteiger partial charge in [0.05, 0.1) is 10.9 Å².